The van der Waals surface area contributed by atoms with Crippen LogP contribution in [0.25, 0.3) is 0 Å². The predicted octanol–water partition coefficient (Wildman–Crippen LogP) is 9.22. The zero-order chi connectivity index (χ0) is 22.4. The van der Waals surface area contributed by atoms with Crippen molar-refractivity contribution in [3.63, 3.8) is 0 Å². The average Bonchev–Trinajstić information content (AvgIpc) is 2.83. The Labute approximate surface area is 198 Å². The molecule has 0 heterocycles. The van der Waals surface area contributed by atoms with Gasteiger partial charge in [-0.2, -0.15) is 0 Å². The summed E-state index contributed by atoms with van der Waals surface area (Å²) in [6.07, 6.45) is 22.4. The smallest absolute Gasteiger partial charge is 0.119 e. The maximum atomic E-state index is 6.04. The molecule has 0 saturated heterocycles. The van der Waals surface area contributed by atoms with E-state index in [1.807, 2.05) is 0 Å². The average molecular weight is 443 g/mol. The summed E-state index contributed by atoms with van der Waals surface area (Å²) in [7, 11) is 0. The monoisotopic (exact) mass is 442 g/mol. The van der Waals surface area contributed by atoms with Crippen molar-refractivity contribution in [3.8, 4) is 11.5 Å². The van der Waals surface area contributed by atoms with E-state index in [-0.39, 0.29) is 0 Å². The normalized spacial score (nSPS) is 26.1. The van der Waals surface area contributed by atoms with Crippen LogP contribution in [0.1, 0.15) is 117 Å². The van der Waals surface area contributed by atoms with E-state index in [0.29, 0.717) is 0 Å². The van der Waals surface area contributed by atoms with Gasteiger partial charge in [-0.1, -0.05) is 90.9 Å². The van der Waals surface area contributed by atoms with Gasteiger partial charge in [0.1, 0.15) is 11.5 Å². The van der Waals surface area contributed by atoms with Crippen molar-refractivity contribution in [2.24, 2.45) is 23.7 Å². The molecular weight excluding hydrogens is 392 g/mol. The quantitative estimate of drug-likeness (QED) is 0.267. The van der Waals surface area contributed by atoms with E-state index < -0.39 is 0 Å². The van der Waals surface area contributed by atoms with Crippen LogP contribution in [0.5, 0.6) is 11.5 Å². The minimum Gasteiger partial charge on any atom is -0.494 e. The van der Waals surface area contributed by atoms with Crippen molar-refractivity contribution in [2.75, 3.05) is 13.2 Å². The van der Waals surface area contributed by atoms with E-state index in [0.717, 1.165) is 48.4 Å². The lowest BCUT2D eigenvalue weighted by Crippen LogP contribution is -2.18. The van der Waals surface area contributed by atoms with Crippen LogP contribution in [0.15, 0.2) is 24.3 Å². The van der Waals surface area contributed by atoms with Gasteiger partial charge in [0.25, 0.3) is 0 Å². The lowest BCUT2D eigenvalue weighted by molar-refractivity contribution is 0.188. The molecule has 1 aromatic rings. The van der Waals surface area contributed by atoms with Crippen molar-refractivity contribution in [1.29, 1.82) is 0 Å². The Kier molecular flexibility index (Phi) is 11.8. The Morgan fingerprint density at radius 3 is 1.78 bits per heavy atom. The van der Waals surface area contributed by atoms with Gasteiger partial charge in [-0.15, -0.1) is 0 Å². The van der Waals surface area contributed by atoms with Crippen LogP contribution in [0.3, 0.4) is 0 Å². The third-order valence-electron chi connectivity index (χ3n) is 8.15. The van der Waals surface area contributed by atoms with Gasteiger partial charge in [-0.3, -0.25) is 0 Å². The molecule has 0 unspecified atom stereocenters. The molecular formula is C30H50O2. The molecule has 0 N–H and O–H groups in total. The van der Waals surface area contributed by atoms with Gasteiger partial charge in [0.15, 0.2) is 0 Å². The lowest BCUT2D eigenvalue weighted by atomic mass is 9.78. The van der Waals surface area contributed by atoms with Crippen LogP contribution < -0.4 is 9.47 Å². The molecule has 0 radical (unpaired) electrons. The van der Waals surface area contributed by atoms with E-state index in [2.05, 4.69) is 38.1 Å². The number of benzene rings is 1. The number of hydrogen-bond acceptors (Lipinski definition) is 2. The van der Waals surface area contributed by atoms with E-state index in [1.165, 1.54) is 103 Å². The third-order valence-corrected chi connectivity index (χ3v) is 8.15. The molecule has 0 atom stereocenters. The first-order valence-electron chi connectivity index (χ1n) is 14.1. The number of unbranched alkanes of at least 4 members (excludes halogenated alkanes) is 4. The number of hydrogen-bond donors (Lipinski definition) is 0. The summed E-state index contributed by atoms with van der Waals surface area (Å²) < 4.78 is 12.0. The largest absolute Gasteiger partial charge is 0.494 e. The number of ether oxygens (including phenoxy) is 2. The molecule has 2 saturated carbocycles. The van der Waals surface area contributed by atoms with Gasteiger partial charge in [0.05, 0.1) is 13.2 Å². The molecule has 0 amide bonds. The molecule has 182 valence electrons. The molecule has 2 aliphatic rings. The molecule has 3 rings (SSSR count). The molecule has 2 aliphatic carbocycles. The maximum Gasteiger partial charge on any atom is 0.119 e. The highest BCUT2D eigenvalue weighted by molar-refractivity contribution is 5.31. The minimum absolute atomic E-state index is 0.739. The van der Waals surface area contributed by atoms with E-state index >= 15 is 0 Å². The van der Waals surface area contributed by atoms with Crippen LogP contribution in [0.2, 0.25) is 0 Å². The van der Waals surface area contributed by atoms with E-state index in [1.54, 1.807) is 0 Å². The lowest BCUT2D eigenvalue weighted by Gasteiger charge is -2.28. The summed E-state index contributed by atoms with van der Waals surface area (Å²) in [6.45, 7) is 6.39. The fourth-order valence-electron chi connectivity index (χ4n) is 5.75. The molecule has 0 aliphatic heterocycles. The van der Waals surface area contributed by atoms with Gasteiger partial charge in [-0.25, -0.2) is 0 Å². The summed E-state index contributed by atoms with van der Waals surface area (Å²) in [5.74, 6) is 5.57. The highest BCUT2D eigenvalue weighted by Crippen LogP contribution is 2.34. The predicted molar refractivity (Wildman–Crippen MR) is 137 cm³/mol. The second-order valence-electron chi connectivity index (χ2n) is 11.0. The standard InChI is InChI=1S/C30H50O2/c1-3-4-5-6-7-9-26-15-17-27(18-16-26)10-8-23-31-29-19-21-30(22-20-29)32-24-28-13-11-25(2)12-14-28/h19-22,25-28H,3-18,23-24H2,1-2H3/t25-,26-,27-,28-. The molecule has 0 spiro atoms. The fraction of sp³-hybridized carbons (Fsp3) is 0.800. The van der Waals surface area contributed by atoms with Crippen LogP contribution in [-0.2, 0) is 0 Å². The van der Waals surface area contributed by atoms with Crippen LogP contribution in [0, 0.1) is 23.7 Å². The van der Waals surface area contributed by atoms with Gasteiger partial charge in [0.2, 0.25) is 0 Å². The van der Waals surface area contributed by atoms with E-state index in [4.69, 9.17) is 9.47 Å². The summed E-state index contributed by atoms with van der Waals surface area (Å²) in [5.41, 5.74) is 0. The maximum absolute atomic E-state index is 6.04. The SMILES string of the molecule is CCCCCCC[C@H]1CC[C@H](CCCOc2ccc(OC[C@H]3CC[C@H](C)CC3)cc2)CC1. The van der Waals surface area contributed by atoms with Crippen LogP contribution in [-0.4, -0.2) is 13.2 Å². The summed E-state index contributed by atoms with van der Waals surface area (Å²) in [5, 5.41) is 0. The molecule has 1 aromatic carbocycles. The Morgan fingerprint density at radius 2 is 1.16 bits per heavy atom. The Morgan fingerprint density at radius 1 is 0.625 bits per heavy atom. The third kappa shape index (κ3) is 9.75. The van der Waals surface area contributed by atoms with Gasteiger partial charge < -0.3 is 9.47 Å². The molecule has 0 aromatic heterocycles. The Hall–Kier alpha value is -1.18. The first-order chi connectivity index (χ1) is 15.7. The second kappa shape index (κ2) is 14.9. The summed E-state index contributed by atoms with van der Waals surface area (Å²) >= 11 is 0. The minimum atomic E-state index is 0.739. The van der Waals surface area contributed by atoms with Crippen molar-refractivity contribution >= 4 is 0 Å². The van der Waals surface area contributed by atoms with Crippen molar-refractivity contribution < 1.29 is 9.47 Å². The van der Waals surface area contributed by atoms with Gasteiger partial charge in [0, 0.05) is 0 Å². The highest BCUT2D eigenvalue weighted by atomic mass is 16.5. The van der Waals surface area contributed by atoms with Crippen LogP contribution >= 0.6 is 0 Å². The zero-order valence-electron chi connectivity index (χ0n) is 21.2. The van der Waals surface area contributed by atoms with Gasteiger partial charge >= 0.3 is 0 Å². The van der Waals surface area contributed by atoms with Crippen LogP contribution in [0.4, 0.5) is 0 Å². The fourth-order valence-corrected chi connectivity index (χ4v) is 5.75. The summed E-state index contributed by atoms with van der Waals surface area (Å²) in [4.78, 5) is 0. The molecule has 2 heteroatoms. The van der Waals surface area contributed by atoms with Crippen molar-refractivity contribution in [3.05, 3.63) is 24.3 Å². The first kappa shape index (κ1) is 25.4. The summed E-state index contributed by atoms with van der Waals surface area (Å²) in [6, 6.07) is 8.29. The van der Waals surface area contributed by atoms with Crippen molar-refractivity contribution in [1.82, 2.24) is 0 Å². The van der Waals surface area contributed by atoms with E-state index in [9.17, 15) is 0 Å². The molecule has 32 heavy (non-hydrogen) atoms. The topological polar surface area (TPSA) is 18.5 Å². The Balaban J connectivity index is 1.20. The Bertz CT molecular complexity index is 579. The molecule has 2 nitrogen and oxygen atoms in total. The zero-order valence-corrected chi connectivity index (χ0v) is 21.2. The second-order valence-corrected chi connectivity index (χ2v) is 11.0. The first-order valence-corrected chi connectivity index (χ1v) is 14.1. The van der Waals surface area contributed by atoms with Crippen molar-refractivity contribution in [2.45, 2.75) is 117 Å². The highest BCUT2D eigenvalue weighted by Gasteiger charge is 2.21. The number of rotatable bonds is 14. The molecule has 2 fully saturated rings. The van der Waals surface area contributed by atoms with Gasteiger partial charge in [-0.05, 0) is 73.6 Å². The molecule has 0 bridgehead atoms.